The van der Waals surface area contributed by atoms with Gasteiger partial charge in [-0.3, -0.25) is 10.7 Å². The summed E-state index contributed by atoms with van der Waals surface area (Å²) in [5.41, 5.74) is 14.1. The predicted molar refractivity (Wildman–Crippen MR) is 76.2 cm³/mol. The summed E-state index contributed by atoms with van der Waals surface area (Å²) in [7, 11) is 0. The zero-order chi connectivity index (χ0) is 14.0. The molecule has 2 aromatic heterocycles. The van der Waals surface area contributed by atoms with Gasteiger partial charge in [-0.1, -0.05) is 0 Å². The largest absolute Gasteiger partial charge is 0.368 e. The van der Waals surface area contributed by atoms with Crippen molar-refractivity contribution in [1.29, 1.82) is 0 Å². The minimum absolute atomic E-state index is 0.229. The minimum Gasteiger partial charge on any atom is -0.368 e. The van der Waals surface area contributed by atoms with E-state index in [1.54, 1.807) is 37.1 Å². The Morgan fingerprint density at radius 1 is 1.10 bits per heavy atom. The highest BCUT2D eigenvalue weighted by atomic mass is 15.3. The Kier molecular flexibility index (Phi) is 2.88. The molecule has 3 heterocycles. The van der Waals surface area contributed by atoms with Crippen molar-refractivity contribution >= 4 is 17.9 Å². The summed E-state index contributed by atoms with van der Waals surface area (Å²) in [6.07, 6.45) is 10.1. The van der Waals surface area contributed by atoms with Crippen LogP contribution in [0.25, 0.3) is 5.70 Å². The Balaban J connectivity index is 1.92. The van der Waals surface area contributed by atoms with Crippen LogP contribution in [0.15, 0.2) is 48.0 Å². The molecule has 3 rings (SSSR count). The summed E-state index contributed by atoms with van der Waals surface area (Å²) in [6.45, 7) is 0. The number of rotatable bonds is 2. The van der Waals surface area contributed by atoms with Gasteiger partial charge < -0.3 is 11.1 Å². The fourth-order valence-corrected chi connectivity index (χ4v) is 1.91. The predicted octanol–water partition coefficient (Wildman–Crippen LogP) is 0.238. The first kappa shape index (κ1) is 12.2. The third-order valence-corrected chi connectivity index (χ3v) is 2.95. The van der Waals surface area contributed by atoms with Crippen LogP contribution >= 0.6 is 0 Å². The van der Waals surface area contributed by atoms with Crippen molar-refractivity contribution in [3.63, 3.8) is 0 Å². The lowest BCUT2D eigenvalue weighted by atomic mass is 10.1. The highest BCUT2D eigenvalue weighted by molar-refractivity contribution is 5.86. The van der Waals surface area contributed by atoms with E-state index in [0.717, 1.165) is 16.8 Å². The smallest absolute Gasteiger partial charge is 0.219 e. The molecule has 2 aromatic rings. The molecule has 0 spiro atoms. The molecule has 7 nitrogen and oxygen atoms in total. The van der Waals surface area contributed by atoms with Crippen molar-refractivity contribution in [2.45, 2.75) is 5.79 Å². The first-order chi connectivity index (χ1) is 9.67. The topological polar surface area (TPSA) is 115 Å². The molecule has 0 saturated carbocycles. The van der Waals surface area contributed by atoms with Crippen LogP contribution in [0.5, 0.6) is 0 Å². The van der Waals surface area contributed by atoms with Gasteiger partial charge in [-0.15, -0.1) is 0 Å². The Hall–Kier alpha value is -2.80. The van der Waals surface area contributed by atoms with Crippen molar-refractivity contribution in [2.75, 3.05) is 5.73 Å². The normalized spacial score (nSPS) is 21.1. The van der Waals surface area contributed by atoms with Crippen molar-refractivity contribution in [1.82, 2.24) is 20.3 Å². The number of aromatic nitrogens is 3. The van der Waals surface area contributed by atoms with Crippen LogP contribution in [0.1, 0.15) is 11.1 Å². The molecule has 7 heteroatoms. The molecule has 0 saturated heterocycles. The highest BCUT2D eigenvalue weighted by Crippen LogP contribution is 2.23. The summed E-state index contributed by atoms with van der Waals surface area (Å²) in [6, 6.07) is 3.62. The molecule has 0 radical (unpaired) electrons. The van der Waals surface area contributed by atoms with Crippen LogP contribution in [-0.4, -0.2) is 21.2 Å². The van der Waals surface area contributed by atoms with E-state index >= 15 is 0 Å². The summed E-state index contributed by atoms with van der Waals surface area (Å²) in [4.78, 5) is 16.2. The van der Waals surface area contributed by atoms with Crippen LogP contribution in [-0.2, 0) is 5.79 Å². The fourth-order valence-electron chi connectivity index (χ4n) is 1.91. The lowest BCUT2D eigenvalue weighted by molar-refractivity contribution is 0.421. The van der Waals surface area contributed by atoms with Gasteiger partial charge in [-0.2, -0.15) is 0 Å². The Morgan fingerprint density at radius 3 is 2.50 bits per heavy atom. The van der Waals surface area contributed by atoms with Crippen molar-refractivity contribution in [3.8, 4) is 0 Å². The molecule has 1 aliphatic rings. The monoisotopic (exact) mass is 267 g/mol. The maximum atomic E-state index is 6.29. The second-order valence-corrected chi connectivity index (χ2v) is 4.32. The van der Waals surface area contributed by atoms with Crippen LogP contribution < -0.4 is 16.8 Å². The molecule has 0 aromatic carbocycles. The summed E-state index contributed by atoms with van der Waals surface area (Å²) in [5.74, 6) is -0.805. The molecule has 0 fully saturated rings. The summed E-state index contributed by atoms with van der Waals surface area (Å²) in [5, 5.41) is 3.17. The van der Waals surface area contributed by atoms with E-state index in [2.05, 4.69) is 25.3 Å². The van der Waals surface area contributed by atoms with Gasteiger partial charge in [0.2, 0.25) is 11.7 Å². The molecule has 0 amide bonds. The number of nitrogens with zero attached hydrogens (tertiary/aromatic N) is 4. The van der Waals surface area contributed by atoms with Gasteiger partial charge in [0.25, 0.3) is 0 Å². The molecule has 0 aliphatic carbocycles. The van der Waals surface area contributed by atoms with E-state index < -0.39 is 5.79 Å². The number of nitrogen functional groups attached to an aromatic ring is 1. The molecule has 0 bridgehead atoms. The van der Waals surface area contributed by atoms with Crippen LogP contribution in [0.2, 0.25) is 0 Å². The van der Waals surface area contributed by atoms with Crippen molar-refractivity contribution in [3.05, 3.63) is 54.1 Å². The van der Waals surface area contributed by atoms with Crippen LogP contribution in [0.4, 0.5) is 5.95 Å². The number of nitrogens with two attached hydrogens (primary N) is 2. The number of hydrogen-bond acceptors (Lipinski definition) is 7. The summed E-state index contributed by atoms with van der Waals surface area (Å²) < 4.78 is 0. The molecule has 20 heavy (non-hydrogen) atoms. The molecule has 1 unspecified atom stereocenters. The number of aliphatic imine (C=N–C) groups is 1. The molecular formula is C13H13N7. The standard InChI is InChI=1S/C13H13N7/c14-12-17-7-9(8-18-12)11-3-6-19-13(15,20-11)10-1-4-16-5-2-10/h1-8,20H,15H2,(H2,14,17,18). The Labute approximate surface area is 115 Å². The van der Waals surface area contributed by atoms with Crippen molar-refractivity contribution < 1.29 is 0 Å². The van der Waals surface area contributed by atoms with Gasteiger partial charge in [0.05, 0.1) is 0 Å². The van der Waals surface area contributed by atoms with Crippen LogP contribution in [0.3, 0.4) is 0 Å². The minimum atomic E-state index is -1.03. The maximum Gasteiger partial charge on any atom is 0.219 e. The SMILES string of the molecule is Nc1ncc(C2=CC=NC(N)(c3ccncc3)N2)cn1. The third kappa shape index (κ3) is 2.21. The average Bonchev–Trinajstić information content (AvgIpc) is 2.49. The van der Waals surface area contributed by atoms with E-state index in [9.17, 15) is 0 Å². The second-order valence-electron chi connectivity index (χ2n) is 4.32. The van der Waals surface area contributed by atoms with E-state index in [-0.39, 0.29) is 5.95 Å². The zero-order valence-electron chi connectivity index (χ0n) is 10.6. The lowest BCUT2D eigenvalue weighted by Gasteiger charge is -2.31. The number of allylic oxidation sites excluding steroid dienone is 1. The van der Waals surface area contributed by atoms with Gasteiger partial charge in [0, 0.05) is 47.8 Å². The van der Waals surface area contributed by atoms with Gasteiger partial charge in [-0.05, 0) is 18.2 Å². The van der Waals surface area contributed by atoms with E-state index in [1.807, 2.05) is 12.1 Å². The van der Waals surface area contributed by atoms with E-state index in [4.69, 9.17) is 11.5 Å². The molecular weight excluding hydrogens is 254 g/mol. The quantitative estimate of drug-likeness (QED) is 0.717. The average molecular weight is 267 g/mol. The van der Waals surface area contributed by atoms with Gasteiger partial charge in [0.1, 0.15) is 0 Å². The molecule has 5 N–H and O–H groups in total. The van der Waals surface area contributed by atoms with E-state index in [0.29, 0.717) is 0 Å². The lowest BCUT2D eigenvalue weighted by Crippen LogP contribution is -2.49. The van der Waals surface area contributed by atoms with Gasteiger partial charge >= 0.3 is 0 Å². The Bertz CT molecular complexity index is 663. The first-order valence-electron chi connectivity index (χ1n) is 5.98. The van der Waals surface area contributed by atoms with Gasteiger partial charge in [-0.25, -0.2) is 15.0 Å². The maximum absolute atomic E-state index is 6.29. The molecule has 1 aliphatic heterocycles. The summed E-state index contributed by atoms with van der Waals surface area (Å²) >= 11 is 0. The molecule has 100 valence electrons. The number of anilines is 1. The zero-order valence-corrected chi connectivity index (χ0v) is 10.6. The number of nitrogens with one attached hydrogen (secondary N) is 1. The number of pyridine rings is 1. The Morgan fingerprint density at radius 2 is 1.80 bits per heavy atom. The number of hydrogen-bond donors (Lipinski definition) is 3. The third-order valence-electron chi connectivity index (χ3n) is 2.95. The van der Waals surface area contributed by atoms with Crippen LogP contribution in [0, 0.1) is 0 Å². The first-order valence-corrected chi connectivity index (χ1v) is 5.98. The molecule has 1 atom stereocenters. The highest BCUT2D eigenvalue weighted by Gasteiger charge is 2.28. The fraction of sp³-hybridized carbons (Fsp3) is 0.0769. The van der Waals surface area contributed by atoms with Crippen molar-refractivity contribution in [2.24, 2.45) is 10.7 Å². The van der Waals surface area contributed by atoms with Gasteiger partial charge in [0.15, 0.2) is 0 Å². The second kappa shape index (κ2) is 4.71. The van der Waals surface area contributed by atoms with E-state index in [1.165, 1.54) is 0 Å².